The predicted octanol–water partition coefficient (Wildman–Crippen LogP) is 4.78. The summed E-state index contributed by atoms with van der Waals surface area (Å²) in [5, 5.41) is 0.722. The molecule has 0 fully saturated rings. The van der Waals surface area contributed by atoms with Gasteiger partial charge in [0.1, 0.15) is 0 Å². The molecule has 1 aliphatic rings. The minimum atomic E-state index is 0.722. The molecule has 0 amide bonds. The van der Waals surface area contributed by atoms with Crippen molar-refractivity contribution in [1.82, 2.24) is 0 Å². The van der Waals surface area contributed by atoms with E-state index in [0.717, 1.165) is 27.4 Å². The summed E-state index contributed by atoms with van der Waals surface area (Å²) in [5.74, 6) is 0. The van der Waals surface area contributed by atoms with Gasteiger partial charge in [-0.15, -0.1) is 0 Å². The van der Waals surface area contributed by atoms with Gasteiger partial charge in [0.2, 0.25) is 0 Å². The van der Waals surface area contributed by atoms with Gasteiger partial charge in [-0.2, -0.15) is 0 Å². The lowest BCUT2D eigenvalue weighted by atomic mass is 10.1. The zero-order chi connectivity index (χ0) is 12.5. The highest BCUT2D eigenvalue weighted by atomic mass is 79.9. The SMILES string of the molecule is Clc1ccc2c(c1)N=CN(c1ccccc1Br)C2. The predicted molar refractivity (Wildman–Crippen MR) is 79.9 cm³/mol. The summed E-state index contributed by atoms with van der Waals surface area (Å²) in [6.45, 7) is 0.804. The van der Waals surface area contributed by atoms with Gasteiger partial charge in [-0.05, 0) is 45.8 Å². The molecule has 0 radical (unpaired) electrons. The standard InChI is InChI=1S/C14H10BrClN2/c15-12-3-1-2-4-14(12)18-8-10-5-6-11(16)7-13(10)17-9-18/h1-7,9H,8H2. The second kappa shape index (κ2) is 4.75. The average molecular weight is 322 g/mol. The van der Waals surface area contributed by atoms with Gasteiger partial charge in [-0.1, -0.05) is 29.8 Å². The van der Waals surface area contributed by atoms with Crippen LogP contribution in [0.3, 0.4) is 0 Å². The number of para-hydroxylation sites is 1. The van der Waals surface area contributed by atoms with Crippen molar-refractivity contribution >= 4 is 45.2 Å². The Hall–Kier alpha value is -1.32. The van der Waals surface area contributed by atoms with Crippen LogP contribution in [0.15, 0.2) is 51.9 Å². The smallest absolute Gasteiger partial charge is 0.0960 e. The van der Waals surface area contributed by atoms with E-state index in [-0.39, 0.29) is 0 Å². The highest BCUT2D eigenvalue weighted by molar-refractivity contribution is 9.10. The van der Waals surface area contributed by atoms with Crippen molar-refractivity contribution in [3.05, 3.63) is 57.5 Å². The van der Waals surface area contributed by atoms with E-state index >= 15 is 0 Å². The van der Waals surface area contributed by atoms with Gasteiger partial charge >= 0.3 is 0 Å². The fourth-order valence-corrected chi connectivity index (χ4v) is 2.66. The Morgan fingerprint density at radius 3 is 2.83 bits per heavy atom. The molecule has 0 N–H and O–H groups in total. The van der Waals surface area contributed by atoms with Gasteiger partial charge in [0, 0.05) is 9.50 Å². The summed E-state index contributed by atoms with van der Waals surface area (Å²) in [6.07, 6.45) is 1.85. The molecule has 0 unspecified atom stereocenters. The van der Waals surface area contributed by atoms with E-state index < -0.39 is 0 Å². The number of nitrogens with zero attached hydrogens (tertiary/aromatic N) is 2. The van der Waals surface area contributed by atoms with Crippen LogP contribution in [0, 0.1) is 0 Å². The molecule has 0 saturated heterocycles. The minimum Gasteiger partial charge on any atom is -0.327 e. The Morgan fingerprint density at radius 1 is 1.17 bits per heavy atom. The fraction of sp³-hybridized carbons (Fsp3) is 0.0714. The maximum absolute atomic E-state index is 5.96. The molecular formula is C14H10BrClN2. The molecule has 0 spiro atoms. The van der Waals surface area contributed by atoms with E-state index in [1.165, 1.54) is 5.56 Å². The van der Waals surface area contributed by atoms with E-state index in [2.05, 4.69) is 31.9 Å². The van der Waals surface area contributed by atoms with E-state index in [1.807, 2.05) is 42.7 Å². The Kier molecular flexibility index (Phi) is 3.10. The van der Waals surface area contributed by atoms with Gasteiger partial charge in [0.15, 0.2) is 0 Å². The highest BCUT2D eigenvalue weighted by Crippen LogP contribution is 2.32. The molecule has 0 bridgehead atoms. The lowest BCUT2D eigenvalue weighted by Gasteiger charge is -2.25. The Bertz CT molecular complexity index is 625. The molecule has 1 aliphatic heterocycles. The largest absolute Gasteiger partial charge is 0.327 e. The first kappa shape index (κ1) is 11.8. The van der Waals surface area contributed by atoms with Crippen LogP contribution in [0.5, 0.6) is 0 Å². The lowest BCUT2D eigenvalue weighted by molar-refractivity contribution is 0.993. The summed E-state index contributed by atoms with van der Waals surface area (Å²) in [4.78, 5) is 6.56. The Morgan fingerprint density at radius 2 is 2.00 bits per heavy atom. The molecule has 0 saturated carbocycles. The number of hydrogen-bond acceptors (Lipinski definition) is 2. The molecule has 18 heavy (non-hydrogen) atoms. The summed E-state index contributed by atoms with van der Waals surface area (Å²) >= 11 is 9.52. The van der Waals surface area contributed by atoms with Gasteiger partial charge in [-0.25, -0.2) is 4.99 Å². The van der Waals surface area contributed by atoms with Crippen LogP contribution in [0.25, 0.3) is 0 Å². The van der Waals surface area contributed by atoms with Crippen molar-refractivity contribution in [3.63, 3.8) is 0 Å². The van der Waals surface area contributed by atoms with Crippen molar-refractivity contribution in [2.24, 2.45) is 4.99 Å². The first-order valence-electron chi connectivity index (χ1n) is 5.58. The van der Waals surface area contributed by atoms with Crippen molar-refractivity contribution in [2.75, 3.05) is 4.90 Å². The first-order valence-corrected chi connectivity index (χ1v) is 6.75. The molecule has 4 heteroatoms. The van der Waals surface area contributed by atoms with Gasteiger partial charge in [0.25, 0.3) is 0 Å². The van der Waals surface area contributed by atoms with Crippen LogP contribution in [-0.2, 0) is 6.54 Å². The monoisotopic (exact) mass is 320 g/mol. The molecule has 0 aliphatic carbocycles. The van der Waals surface area contributed by atoms with Crippen LogP contribution < -0.4 is 4.90 Å². The maximum atomic E-state index is 5.96. The quantitative estimate of drug-likeness (QED) is 0.738. The second-order valence-electron chi connectivity index (χ2n) is 4.10. The molecule has 2 aromatic carbocycles. The summed E-state index contributed by atoms with van der Waals surface area (Å²) in [6, 6.07) is 13.9. The van der Waals surface area contributed by atoms with Crippen molar-refractivity contribution in [3.8, 4) is 0 Å². The molecule has 3 rings (SSSR count). The molecule has 2 nitrogen and oxygen atoms in total. The summed E-state index contributed by atoms with van der Waals surface area (Å²) in [7, 11) is 0. The van der Waals surface area contributed by atoms with Gasteiger partial charge < -0.3 is 4.90 Å². The van der Waals surface area contributed by atoms with Crippen LogP contribution in [0.1, 0.15) is 5.56 Å². The summed E-state index contributed by atoms with van der Waals surface area (Å²) in [5.41, 5.74) is 3.24. The van der Waals surface area contributed by atoms with Crippen LogP contribution >= 0.6 is 27.5 Å². The number of anilines is 1. The number of halogens is 2. The minimum absolute atomic E-state index is 0.722. The van der Waals surface area contributed by atoms with E-state index in [1.54, 1.807) is 0 Å². The normalized spacial score (nSPS) is 13.6. The topological polar surface area (TPSA) is 15.6 Å². The number of fused-ring (bicyclic) bond motifs is 1. The summed E-state index contributed by atoms with van der Waals surface area (Å²) < 4.78 is 1.06. The van der Waals surface area contributed by atoms with E-state index in [4.69, 9.17) is 11.6 Å². The van der Waals surface area contributed by atoms with Crippen LogP contribution in [-0.4, -0.2) is 6.34 Å². The lowest BCUT2D eigenvalue weighted by Crippen LogP contribution is -2.23. The fourth-order valence-electron chi connectivity index (χ4n) is 1.98. The van der Waals surface area contributed by atoms with E-state index in [0.29, 0.717) is 0 Å². The third-order valence-corrected chi connectivity index (χ3v) is 3.79. The first-order chi connectivity index (χ1) is 8.74. The molecular weight excluding hydrogens is 312 g/mol. The number of hydrogen-bond donors (Lipinski definition) is 0. The zero-order valence-electron chi connectivity index (χ0n) is 9.48. The molecule has 1 heterocycles. The maximum Gasteiger partial charge on any atom is 0.0960 e. The average Bonchev–Trinajstić information content (AvgIpc) is 2.39. The van der Waals surface area contributed by atoms with Crippen molar-refractivity contribution in [1.29, 1.82) is 0 Å². The molecule has 0 aromatic heterocycles. The molecule has 0 atom stereocenters. The molecule has 90 valence electrons. The number of aliphatic imine (C=N–C) groups is 1. The number of benzene rings is 2. The zero-order valence-corrected chi connectivity index (χ0v) is 11.8. The second-order valence-corrected chi connectivity index (χ2v) is 5.39. The number of rotatable bonds is 1. The van der Waals surface area contributed by atoms with Gasteiger partial charge in [0.05, 0.1) is 24.3 Å². The van der Waals surface area contributed by atoms with E-state index in [9.17, 15) is 0 Å². The van der Waals surface area contributed by atoms with Gasteiger partial charge in [-0.3, -0.25) is 0 Å². The van der Waals surface area contributed by atoms with Crippen LogP contribution in [0.4, 0.5) is 11.4 Å². The Labute approximate surface area is 119 Å². The third kappa shape index (κ3) is 2.16. The van der Waals surface area contributed by atoms with Crippen LogP contribution in [0.2, 0.25) is 5.02 Å². The molecule has 2 aromatic rings. The van der Waals surface area contributed by atoms with Crippen molar-refractivity contribution in [2.45, 2.75) is 6.54 Å². The third-order valence-electron chi connectivity index (χ3n) is 2.89. The highest BCUT2D eigenvalue weighted by Gasteiger charge is 2.15. The van der Waals surface area contributed by atoms with Crippen molar-refractivity contribution < 1.29 is 0 Å². The Balaban J connectivity index is 1.97.